The molecule has 0 aromatic heterocycles. The molecule has 0 saturated carbocycles. The van der Waals surface area contributed by atoms with Crippen molar-refractivity contribution >= 4 is 11.6 Å². The molecule has 1 rings (SSSR count). The lowest BCUT2D eigenvalue weighted by molar-refractivity contribution is 0.317. The van der Waals surface area contributed by atoms with Gasteiger partial charge in [0.25, 0.3) is 0 Å². The lowest BCUT2D eigenvalue weighted by atomic mass is 10.2. The third kappa shape index (κ3) is 6.05. The Kier molecular flexibility index (Phi) is 6.08. The molecule has 0 spiro atoms. The fourth-order valence-corrected chi connectivity index (χ4v) is 1.58. The maximum Gasteiger partial charge on any atom is 0.185 e. The van der Waals surface area contributed by atoms with Crippen LogP contribution in [0.1, 0.15) is 5.56 Å². The molecule has 0 fully saturated rings. The Morgan fingerprint density at radius 3 is 2.47 bits per heavy atom. The molecule has 1 aromatic carbocycles. The average molecular weight is 267 g/mol. The summed E-state index contributed by atoms with van der Waals surface area (Å²) >= 11 is 0. The highest BCUT2D eigenvalue weighted by molar-refractivity contribution is 5.74. The summed E-state index contributed by atoms with van der Waals surface area (Å²) < 4.78 is 13.4. The molecule has 5 N–H and O–H groups in total. The van der Waals surface area contributed by atoms with E-state index in [0.717, 1.165) is 11.3 Å². The molecular formula is C13H22FN5. The first kappa shape index (κ1) is 15.2. The second-order valence-corrected chi connectivity index (χ2v) is 4.58. The van der Waals surface area contributed by atoms with E-state index in [4.69, 9.17) is 11.1 Å². The number of rotatable bonds is 7. The largest absolute Gasteiger partial charge is 0.378 e. The van der Waals surface area contributed by atoms with Crippen LogP contribution in [0.3, 0.4) is 0 Å². The molecule has 0 radical (unpaired) electrons. The van der Waals surface area contributed by atoms with Gasteiger partial charge in [0.1, 0.15) is 6.17 Å². The fourth-order valence-electron chi connectivity index (χ4n) is 1.58. The van der Waals surface area contributed by atoms with Gasteiger partial charge in [-0.15, -0.1) is 0 Å². The molecule has 1 aromatic rings. The highest BCUT2D eigenvalue weighted by Crippen LogP contribution is 2.11. The predicted molar refractivity (Wildman–Crippen MR) is 77.3 cm³/mol. The van der Waals surface area contributed by atoms with E-state index in [1.54, 1.807) is 0 Å². The van der Waals surface area contributed by atoms with Crippen LogP contribution in [0.2, 0.25) is 0 Å². The molecule has 0 bridgehead atoms. The van der Waals surface area contributed by atoms with Gasteiger partial charge in [-0.2, -0.15) is 0 Å². The minimum absolute atomic E-state index is 0.0574. The number of alkyl halides is 1. The predicted octanol–water partition coefficient (Wildman–Crippen LogP) is 0.663. The summed E-state index contributed by atoms with van der Waals surface area (Å²) in [4.78, 5) is 2.03. The van der Waals surface area contributed by atoms with Gasteiger partial charge in [-0.25, -0.2) is 4.39 Å². The van der Waals surface area contributed by atoms with Crippen molar-refractivity contribution in [2.75, 3.05) is 32.1 Å². The first-order valence-electron chi connectivity index (χ1n) is 6.18. The van der Waals surface area contributed by atoms with Crippen LogP contribution in [0.4, 0.5) is 10.1 Å². The number of nitrogens with zero attached hydrogens (tertiary/aromatic N) is 1. The Labute approximate surface area is 113 Å². The molecule has 19 heavy (non-hydrogen) atoms. The van der Waals surface area contributed by atoms with E-state index in [9.17, 15) is 4.39 Å². The number of guanidine groups is 1. The number of hydrogen-bond donors (Lipinski definition) is 4. The lowest BCUT2D eigenvalue weighted by Gasteiger charge is -2.13. The summed E-state index contributed by atoms with van der Waals surface area (Å²) in [7, 11) is 3.98. The SMILES string of the molecule is CN(C)c1ccc(CNCC(F)CNC(=N)N)cc1. The van der Waals surface area contributed by atoms with Crippen molar-refractivity contribution in [2.24, 2.45) is 5.73 Å². The van der Waals surface area contributed by atoms with Gasteiger partial charge >= 0.3 is 0 Å². The average Bonchev–Trinajstić information content (AvgIpc) is 2.37. The van der Waals surface area contributed by atoms with Crippen LogP contribution < -0.4 is 21.3 Å². The van der Waals surface area contributed by atoms with Crippen molar-refractivity contribution in [3.63, 3.8) is 0 Å². The third-order valence-electron chi connectivity index (χ3n) is 2.66. The number of nitrogens with two attached hydrogens (primary N) is 1. The molecule has 1 atom stereocenters. The second-order valence-electron chi connectivity index (χ2n) is 4.58. The first-order valence-corrected chi connectivity index (χ1v) is 6.18. The molecule has 5 nitrogen and oxygen atoms in total. The summed E-state index contributed by atoms with van der Waals surface area (Å²) in [6.07, 6.45) is -1.06. The number of hydrogen-bond acceptors (Lipinski definition) is 3. The quantitative estimate of drug-likeness (QED) is 0.432. The van der Waals surface area contributed by atoms with E-state index in [-0.39, 0.29) is 19.0 Å². The number of halogens is 1. The first-order chi connectivity index (χ1) is 8.99. The van der Waals surface area contributed by atoms with E-state index >= 15 is 0 Å². The Morgan fingerprint density at radius 1 is 1.32 bits per heavy atom. The third-order valence-corrected chi connectivity index (χ3v) is 2.66. The van der Waals surface area contributed by atoms with Crippen LogP contribution in [0.15, 0.2) is 24.3 Å². The van der Waals surface area contributed by atoms with Crippen molar-refractivity contribution in [3.05, 3.63) is 29.8 Å². The van der Waals surface area contributed by atoms with Gasteiger partial charge < -0.3 is 21.3 Å². The number of nitrogens with one attached hydrogen (secondary N) is 3. The van der Waals surface area contributed by atoms with Crippen LogP contribution in [0, 0.1) is 5.41 Å². The van der Waals surface area contributed by atoms with Gasteiger partial charge in [0, 0.05) is 32.9 Å². The zero-order valence-electron chi connectivity index (χ0n) is 11.4. The minimum Gasteiger partial charge on any atom is -0.378 e. The van der Waals surface area contributed by atoms with E-state index in [2.05, 4.69) is 10.6 Å². The van der Waals surface area contributed by atoms with Crippen LogP contribution >= 0.6 is 0 Å². The van der Waals surface area contributed by atoms with Gasteiger partial charge in [-0.3, -0.25) is 5.41 Å². The van der Waals surface area contributed by atoms with E-state index < -0.39 is 6.17 Å². The van der Waals surface area contributed by atoms with Gasteiger partial charge in [0.2, 0.25) is 0 Å². The van der Waals surface area contributed by atoms with E-state index in [1.807, 2.05) is 43.3 Å². The molecule has 0 aliphatic carbocycles. The van der Waals surface area contributed by atoms with Crippen molar-refractivity contribution in [1.82, 2.24) is 10.6 Å². The van der Waals surface area contributed by atoms with Crippen molar-refractivity contribution in [1.29, 1.82) is 5.41 Å². The van der Waals surface area contributed by atoms with Gasteiger partial charge in [-0.05, 0) is 17.7 Å². The molecule has 0 amide bonds. The van der Waals surface area contributed by atoms with Gasteiger partial charge in [0.05, 0.1) is 6.54 Å². The molecule has 106 valence electrons. The number of benzene rings is 1. The monoisotopic (exact) mass is 267 g/mol. The van der Waals surface area contributed by atoms with Crippen LogP contribution in [0.5, 0.6) is 0 Å². The fraction of sp³-hybridized carbons (Fsp3) is 0.462. The van der Waals surface area contributed by atoms with Gasteiger partial charge in [0.15, 0.2) is 5.96 Å². The van der Waals surface area contributed by atoms with Crippen LogP contribution in [-0.4, -0.2) is 39.3 Å². The molecule has 1 unspecified atom stereocenters. The normalized spacial score (nSPS) is 11.9. The summed E-state index contributed by atoms with van der Waals surface area (Å²) in [5, 5.41) is 12.4. The summed E-state index contributed by atoms with van der Waals surface area (Å²) in [5.41, 5.74) is 7.33. The van der Waals surface area contributed by atoms with Crippen molar-refractivity contribution in [3.8, 4) is 0 Å². The highest BCUT2D eigenvalue weighted by atomic mass is 19.1. The Bertz CT molecular complexity index is 391. The second kappa shape index (κ2) is 7.58. The molecule has 0 saturated heterocycles. The molecule has 0 aliphatic heterocycles. The lowest BCUT2D eigenvalue weighted by Crippen LogP contribution is -2.38. The standard InChI is InChI=1S/C13H22FN5/c1-19(2)12-5-3-10(4-6-12)7-17-8-11(14)9-18-13(15)16/h3-6,11,17H,7-9H2,1-2H3,(H4,15,16,18). The Hall–Kier alpha value is -1.82. The summed E-state index contributed by atoms with van der Waals surface area (Å²) in [5.74, 6) is -0.207. The topological polar surface area (TPSA) is 77.2 Å². The summed E-state index contributed by atoms with van der Waals surface area (Å²) in [6.45, 7) is 0.909. The van der Waals surface area contributed by atoms with Crippen molar-refractivity contribution in [2.45, 2.75) is 12.7 Å². The Balaban J connectivity index is 2.27. The molecule has 0 aliphatic rings. The zero-order chi connectivity index (χ0) is 14.3. The Morgan fingerprint density at radius 2 is 1.95 bits per heavy atom. The maximum absolute atomic E-state index is 13.4. The molecule has 6 heteroatoms. The van der Waals surface area contributed by atoms with Crippen LogP contribution in [0.25, 0.3) is 0 Å². The maximum atomic E-state index is 13.4. The highest BCUT2D eigenvalue weighted by Gasteiger charge is 2.05. The van der Waals surface area contributed by atoms with Crippen LogP contribution in [-0.2, 0) is 6.54 Å². The van der Waals surface area contributed by atoms with Crippen molar-refractivity contribution < 1.29 is 4.39 Å². The zero-order valence-corrected chi connectivity index (χ0v) is 11.4. The summed E-state index contributed by atoms with van der Waals surface area (Å²) in [6, 6.07) is 8.09. The van der Waals surface area contributed by atoms with E-state index in [1.165, 1.54) is 0 Å². The molecule has 0 heterocycles. The van der Waals surface area contributed by atoms with E-state index in [0.29, 0.717) is 6.54 Å². The van der Waals surface area contributed by atoms with Gasteiger partial charge in [-0.1, -0.05) is 12.1 Å². The number of anilines is 1. The minimum atomic E-state index is -1.06. The molecular weight excluding hydrogens is 245 g/mol. The smallest absolute Gasteiger partial charge is 0.185 e.